The minimum Gasteiger partial charge on any atom is -0.366 e. The van der Waals surface area contributed by atoms with Gasteiger partial charge in [0.25, 0.3) is 5.91 Å². The van der Waals surface area contributed by atoms with Crippen molar-refractivity contribution in [2.24, 2.45) is 5.73 Å². The minimum absolute atomic E-state index is 0.0982. The van der Waals surface area contributed by atoms with E-state index in [-0.39, 0.29) is 23.8 Å². The Morgan fingerprint density at radius 1 is 1.16 bits per heavy atom. The molecule has 0 spiro atoms. The van der Waals surface area contributed by atoms with Crippen LogP contribution in [0.5, 0.6) is 0 Å². The van der Waals surface area contributed by atoms with E-state index in [0.29, 0.717) is 18.5 Å². The van der Waals surface area contributed by atoms with Crippen LogP contribution in [0.15, 0.2) is 42.5 Å². The SMILES string of the molecule is CN1C(=O)CCc2cc(CC(=O)Nc3ccccc3C(N)=O)ccc21. The van der Waals surface area contributed by atoms with Crippen LogP contribution >= 0.6 is 0 Å². The zero-order valence-corrected chi connectivity index (χ0v) is 13.9. The van der Waals surface area contributed by atoms with Crippen molar-refractivity contribution in [1.82, 2.24) is 0 Å². The van der Waals surface area contributed by atoms with Crippen molar-refractivity contribution in [1.29, 1.82) is 0 Å². The number of nitrogens with zero attached hydrogens (tertiary/aromatic N) is 1. The van der Waals surface area contributed by atoms with Crippen LogP contribution in [-0.4, -0.2) is 24.8 Å². The number of carbonyl (C=O) groups is 3. The Kier molecular flexibility index (Phi) is 4.52. The zero-order valence-electron chi connectivity index (χ0n) is 13.9. The van der Waals surface area contributed by atoms with Crippen molar-refractivity contribution in [2.45, 2.75) is 19.3 Å². The van der Waals surface area contributed by atoms with Gasteiger partial charge < -0.3 is 16.0 Å². The first-order chi connectivity index (χ1) is 12.0. The molecule has 128 valence electrons. The van der Waals surface area contributed by atoms with Crippen molar-refractivity contribution >= 4 is 29.1 Å². The van der Waals surface area contributed by atoms with Crippen molar-refractivity contribution in [3.05, 3.63) is 59.2 Å². The number of anilines is 2. The van der Waals surface area contributed by atoms with Crippen LogP contribution in [0.3, 0.4) is 0 Å². The number of para-hydroxylation sites is 1. The van der Waals surface area contributed by atoms with E-state index < -0.39 is 5.91 Å². The first kappa shape index (κ1) is 16.7. The Bertz CT molecular complexity index is 861. The fraction of sp³-hybridized carbons (Fsp3) is 0.211. The Balaban J connectivity index is 1.74. The summed E-state index contributed by atoms with van der Waals surface area (Å²) in [5.41, 5.74) is 8.81. The molecule has 0 bridgehead atoms. The lowest BCUT2D eigenvalue weighted by Gasteiger charge is -2.26. The molecule has 0 fully saturated rings. The molecule has 3 N–H and O–H groups in total. The number of hydrogen-bond donors (Lipinski definition) is 2. The maximum Gasteiger partial charge on any atom is 0.250 e. The third kappa shape index (κ3) is 3.52. The van der Waals surface area contributed by atoms with E-state index in [1.807, 2.05) is 18.2 Å². The molecular formula is C19H19N3O3. The summed E-state index contributed by atoms with van der Waals surface area (Å²) < 4.78 is 0. The van der Waals surface area contributed by atoms with Gasteiger partial charge in [-0.3, -0.25) is 14.4 Å². The number of nitrogens with two attached hydrogens (primary N) is 1. The highest BCUT2D eigenvalue weighted by molar-refractivity contribution is 6.03. The Morgan fingerprint density at radius 3 is 2.68 bits per heavy atom. The van der Waals surface area contributed by atoms with Gasteiger partial charge in [0, 0.05) is 19.2 Å². The van der Waals surface area contributed by atoms with Crippen molar-refractivity contribution in [3.8, 4) is 0 Å². The van der Waals surface area contributed by atoms with Gasteiger partial charge in [-0.25, -0.2) is 0 Å². The summed E-state index contributed by atoms with van der Waals surface area (Å²) in [5.74, 6) is -0.715. The molecular weight excluding hydrogens is 318 g/mol. The highest BCUT2D eigenvalue weighted by Gasteiger charge is 2.21. The van der Waals surface area contributed by atoms with Gasteiger partial charge in [0.05, 0.1) is 17.7 Å². The third-order valence-corrected chi connectivity index (χ3v) is 4.32. The predicted molar refractivity (Wildman–Crippen MR) is 95.5 cm³/mol. The number of primary amides is 1. The predicted octanol–water partition coefficient (Wildman–Crippen LogP) is 1.88. The number of aryl methyl sites for hydroxylation is 1. The van der Waals surface area contributed by atoms with Crippen LogP contribution in [0.25, 0.3) is 0 Å². The van der Waals surface area contributed by atoms with E-state index >= 15 is 0 Å². The van der Waals surface area contributed by atoms with Crippen LogP contribution in [0.1, 0.15) is 27.9 Å². The summed E-state index contributed by atoms with van der Waals surface area (Å²) in [7, 11) is 1.76. The zero-order chi connectivity index (χ0) is 18.0. The summed E-state index contributed by atoms with van der Waals surface area (Å²) in [4.78, 5) is 37.1. The number of hydrogen-bond acceptors (Lipinski definition) is 3. The van der Waals surface area contributed by atoms with E-state index in [1.54, 1.807) is 36.2 Å². The van der Waals surface area contributed by atoms with E-state index in [2.05, 4.69) is 5.32 Å². The molecule has 0 saturated heterocycles. The average molecular weight is 337 g/mol. The maximum absolute atomic E-state index is 12.3. The maximum atomic E-state index is 12.3. The van der Waals surface area contributed by atoms with Gasteiger partial charge in [0.2, 0.25) is 11.8 Å². The molecule has 2 aromatic rings. The second-order valence-corrected chi connectivity index (χ2v) is 6.05. The molecule has 2 aromatic carbocycles. The molecule has 6 nitrogen and oxygen atoms in total. The van der Waals surface area contributed by atoms with Crippen molar-refractivity contribution < 1.29 is 14.4 Å². The molecule has 1 aliphatic rings. The first-order valence-electron chi connectivity index (χ1n) is 8.03. The van der Waals surface area contributed by atoms with Gasteiger partial charge in [-0.1, -0.05) is 24.3 Å². The first-order valence-corrected chi connectivity index (χ1v) is 8.03. The molecule has 0 atom stereocenters. The van der Waals surface area contributed by atoms with Gasteiger partial charge in [-0.15, -0.1) is 0 Å². The van der Waals surface area contributed by atoms with E-state index in [4.69, 9.17) is 5.73 Å². The number of nitrogens with one attached hydrogen (secondary N) is 1. The topological polar surface area (TPSA) is 92.5 Å². The molecule has 1 heterocycles. The quantitative estimate of drug-likeness (QED) is 0.892. The smallest absolute Gasteiger partial charge is 0.250 e. The van der Waals surface area contributed by atoms with Crippen LogP contribution in [0, 0.1) is 0 Å². The molecule has 0 unspecified atom stereocenters. The fourth-order valence-electron chi connectivity index (χ4n) is 3.01. The van der Waals surface area contributed by atoms with E-state index in [0.717, 1.165) is 16.8 Å². The summed E-state index contributed by atoms with van der Waals surface area (Å²) in [6, 6.07) is 12.3. The van der Waals surface area contributed by atoms with Gasteiger partial charge >= 0.3 is 0 Å². The summed E-state index contributed by atoms with van der Waals surface area (Å²) in [5, 5.41) is 2.73. The van der Waals surface area contributed by atoms with Gasteiger partial charge in [0.15, 0.2) is 0 Å². The lowest BCUT2D eigenvalue weighted by molar-refractivity contribution is -0.118. The summed E-state index contributed by atoms with van der Waals surface area (Å²) >= 11 is 0. The van der Waals surface area contributed by atoms with E-state index in [9.17, 15) is 14.4 Å². The molecule has 3 amide bonds. The highest BCUT2D eigenvalue weighted by Crippen LogP contribution is 2.27. The summed E-state index contributed by atoms with van der Waals surface area (Å²) in [6.07, 6.45) is 1.33. The monoisotopic (exact) mass is 337 g/mol. The Hall–Kier alpha value is -3.15. The number of rotatable bonds is 4. The fourth-order valence-corrected chi connectivity index (χ4v) is 3.01. The second-order valence-electron chi connectivity index (χ2n) is 6.05. The van der Waals surface area contributed by atoms with Crippen LogP contribution in [-0.2, 0) is 22.4 Å². The lowest BCUT2D eigenvalue weighted by atomic mass is 9.98. The van der Waals surface area contributed by atoms with E-state index in [1.165, 1.54) is 0 Å². The second kappa shape index (κ2) is 6.76. The molecule has 0 saturated carbocycles. The van der Waals surface area contributed by atoms with Gasteiger partial charge in [-0.05, 0) is 35.7 Å². The number of fused-ring (bicyclic) bond motifs is 1. The number of benzene rings is 2. The molecule has 0 aliphatic carbocycles. The normalized spacial score (nSPS) is 13.3. The molecule has 1 aliphatic heterocycles. The highest BCUT2D eigenvalue weighted by atomic mass is 16.2. The average Bonchev–Trinajstić information content (AvgIpc) is 2.58. The number of carbonyl (C=O) groups excluding carboxylic acids is 3. The van der Waals surface area contributed by atoms with Crippen LogP contribution in [0.2, 0.25) is 0 Å². The van der Waals surface area contributed by atoms with Crippen LogP contribution in [0.4, 0.5) is 11.4 Å². The van der Waals surface area contributed by atoms with Crippen LogP contribution < -0.4 is 16.0 Å². The lowest BCUT2D eigenvalue weighted by Crippen LogP contribution is -2.31. The number of amides is 3. The molecule has 3 rings (SSSR count). The summed E-state index contributed by atoms with van der Waals surface area (Å²) in [6.45, 7) is 0. The third-order valence-electron chi connectivity index (χ3n) is 4.32. The Labute approximate surface area is 145 Å². The molecule has 0 radical (unpaired) electrons. The molecule has 25 heavy (non-hydrogen) atoms. The van der Waals surface area contributed by atoms with Crippen molar-refractivity contribution in [2.75, 3.05) is 17.3 Å². The molecule has 0 aromatic heterocycles. The van der Waals surface area contributed by atoms with Gasteiger partial charge in [0.1, 0.15) is 0 Å². The molecule has 6 heteroatoms. The minimum atomic E-state index is -0.586. The van der Waals surface area contributed by atoms with Gasteiger partial charge in [-0.2, -0.15) is 0 Å². The largest absolute Gasteiger partial charge is 0.366 e. The van der Waals surface area contributed by atoms with Crippen molar-refractivity contribution in [3.63, 3.8) is 0 Å². The standard InChI is InChI=1S/C19H19N3O3/c1-22-16-8-6-12(10-13(16)7-9-18(22)24)11-17(23)21-15-5-3-2-4-14(15)19(20)25/h2-6,8,10H,7,9,11H2,1H3,(H2,20,25)(H,21,23). The Morgan fingerprint density at radius 2 is 1.92 bits per heavy atom.